The average molecular weight is 521 g/mol. The molecule has 39 heavy (non-hydrogen) atoms. The van der Waals surface area contributed by atoms with Crippen molar-refractivity contribution in [2.24, 2.45) is 0 Å². The van der Waals surface area contributed by atoms with Crippen LogP contribution in [0.5, 0.6) is 0 Å². The van der Waals surface area contributed by atoms with Gasteiger partial charge in [-0.25, -0.2) is 0 Å². The summed E-state index contributed by atoms with van der Waals surface area (Å²) in [6, 6.07) is 27.7. The summed E-state index contributed by atoms with van der Waals surface area (Å²) in [5.74, 6) is -0.323. The summed E-state index contributed by atoms with van der Waals surface area (Å²) < 4.78 is 0. The van der Waals surface area contributed by atoms with Gasteiger partial charge in [0.1, 0.15) is 0 Å². The van der Waals surface area contributed by atoms with E-state index < -0.39 is 0 Å². The van der Waals surface area contributed by atoms with Crippen molar-refractivity contribution in [1.82, 2.24) is 10.2 Å². The van der Waals surface area contributed by atoms with E-state index in [1.165, 1.54) is 11.1 Å². The highest BCUT2D eigenvalue weighted by Crippen LogP contribution is 2.30. The molecule has 2 amide bonds. The van der Waals surface area contributed by atoms with Gasteiger partial charge in [0.05, 0.1) is 5.56 Å². The third-order valence-corrected chi connectivity index (χ3v) is 7.61. The zero-order valence-electron chi connectivity index (χ0n) is 22.7. The number of amides is 2. The van der Waals surface area contributed by atoms with E-state index in [0.29, 0.717) is 23.4 Å². The fraction of sp³-hybridized carbons (Fsp3) is 0.273. The van der Waals surface area contributed by atoms with Crippen molar-refractivity contribution in [2.75, 3.05) is 42.9 Å². The van der Waals surface area contributed by atoms with Gasteiger partial charge < -0.3 is 20.4 Å². The van der Waals surface area contributed by atoms with Gasteiger partial charge in [-0.1, -0.05) is 74.5 Å². The first-order chi connectivity index (χ1) is 19.1. The highest BCUT2D eigenvalue weighted by molar-refractivity contribution is 6.13. The maximum absolute atomic E-state index is 13.5. The molecule has 2 N–H and O–H groups in total. The minimum atomic E-state index is -0.195. The maximum atomic E-state index is 13.5. The molecule has 200 valence electrons. The average Bonchev–Trinajstić information content (AvgIpc) is 2.98. The molecular formula is C33H36N4O2. The Balaban J connectivity index is 1.42. The van der Waals surface area contributed by atoms with E-state index in [9.17, 15) is 9.59 Å². The molecule has 1 aliphatic rings. The van der Waals surface area contributed by atoms with Gasteiger partial charge in [-0.15, -0.1) is 0 Å². The molecule has 4 aromatic rings. The van der Waals surface area contributed by atoms with Crippen molar-refractivity contribution in [3.63, 3.8) is 0 Å². The first kappa shape index (κ1) is 26.4. The molecule has 6 heteroatoms. The third-order valence-electron chi connectivity index (χ3n) is 7.61. The summed E-state index contributed by atoms with van der Waals surface area (Å²) in [6.45, 7) is 9.08. The first-order valence-corrected chi connectivity index (χ1v) is 13.8. The molecule has 6 nitrogen and oxygen atoms in total. The van der Waals surface area contributed by atoms with Crippen LogP contribution in [0.15, 0.2) is 84.9 Å². The molecule has 5 rings (SSSR count). The predicted molar refractivity (Wildman–Crippen MR) is 160 cm³/mol. The number of carbonyl (C=O) groups is 2. The number of nitrogens with zero attached hydrogens (tertiary/aromatic N) is 2. The van der Waals surface area contributed by atoms with Gasteiger partial charge in [0.15, 0.2) is 0 Å². The Morgan fingerprint density at radius 2 is 1.56 bits per heavy atom. The maximum Gasteiger partial charge on any atom is 0.256 e. The first-order valence-electron chi connectivity index (χ1n) is 13.8. The molecule has 1 heterocycles. The molecule has 1 aliphatic heterocycles. The van der Waals surface area contributed by atoms with Gasteiger partial charge in [0, 0.05) is 43.1 Å². The molecule has 0 unspecified atom stereocenters. The van der Waals surface area contributed by atoms with Gasteiger partial charge in [0.2, 0.25) is 0 Å². The largest absolute Gasteiger partial charge is 0.366 e. The van der Waals surface area contributed by atoms with Gasteiger partial charge in [-0.2, -0.15) is 0 Å². The van der Waals surface area contributed by atoms with Gasteiger partial charge in [-0.3, -0.25) is 9.59 Å². The molecule has 4 aromatic carbocycles. The van der Waals surface area contributed by atoms with Crippen molar-refractivity contribution >= 4 is 34.0 Å². The lowest BCUT2D eigenvalue weighted by atomic mass is 9.98. The highest BCUT2D eigenvalue weighted by Gasteiger charge is 2.22. The van der Waals surface area contributed by atoms with Crippen LogP contribution in [0.25, 0.3) is 10.8 Å². The van der Waals surface area contributed by atoms with Crippen LogP contribution in [0, 0.1) is 0 Å². The van der Waals surface area contributed by atoms with Crippen LogP contribution in [-0.4, -0.2) is 49.4 Å². The van der Waals surface area contributed by atoms with Crippen molar-refractivity contribution in [3.8, 4) is 0 Å². The Labute approximate surface area is 230 Å². The van der Waals surface area contributed by atoms with Gasteiger partial charge in [-0.05, 0) is 65.7 Å². The molecule has 0 aliphatic carbocycles. The zero-order chi connectivity index (χ0) is 27.2. The van der Waals surface area contributed by atoms with Crippen LogP contribution in [0.3, 0.4) is 0 Å². The minimum absolute atomic E-state index is 0.128. The number of rotatable bonds is 9. The van der Waals surface area contributed by atoms with E-state index in [2.05, 4.69) is 58.5 Å². The SMILES string of the molecule is CCN(CC)CCNC(=O)c1cc(NC(=O)c2cccc3ccccc23)ccc1N1CCc2ccccc2C1. The normalized spacial score (nSPS) is 12.8. The highest BCUT2D eigenvalue weighted by atomic mass is 16.2. The lowest BCUT2D eigenvalue weighted by Crippen LogP contribution is -2.36. The molecular weight excluding hydrogens is 484 g/mol. The Bertz CT molecular complexity index is 1470. The lowest BCUT2D eigenvalue weighted by molar-refractivity contribution is 0.0948. The van der Waals surface area contributed by atoms with E-state index in [0.717, 1.165) is 55.6 Å². The number of carbonyl (C=O) groups excluding carboxylic acids is 2. The summed E-state index contributed by atoms with van der Waals surface area (Å²) >= 11 is 0. The molecule has 0 radical (unpaired) electrons. The fourth-order valence-electron chi connectivity index (χ4n) is 5.36. The van der Waals surface area contributed by atoms with Crippen molar-refractivity contribution in [3.05, 3.63) is 107 Å². The number of fused-ring (bicyclic) bond motifs is 2. The summed E-state index contributed by atoms with van der Waals surface area (Å²) in [5, 5.41) is 8.06. The smallest absolute Gasteiger partial charge is 0.256 e. The molecule has 0 spiro atoms. The summed E-state index contributed by atoms with van der Waals surface area (Å²) in [6.07, 6.45) is 0.929. The predicted octanol–water partition coefficient (Wildman–Crippen LogP) is 5.73. The number of hydrogen-bond donors (Lipinski definition) is 2. The Morgan fingerprint density at radius 1 is 0.821 bits per heavy atom. The van der Waals surface area contributed by atoms with E-state index >= 15 is 0 Å². The second-order valence-corrected chi connectivity index (χ2v) is 9.94. The minimum Gasteiger partial charge on any atom is -0.366 e. The van der Waals surface area contributed by atoms with Crippen LogP contribution in [-0.2, 0) is 13.0 Å². The number of hydrogen-bond acceptors (Lipinski definition) is 4. The Morgan fingerprint density at radius 3 is 2.38 bits per heavy atom. The standard InChI is InChI=1S/C33H36N4O2/c1-3-36(4-2)21-19-34-32(38)30-22-27(35-33(39)29-15-9-13-25-11-7-8-14-28(25)29)16-17-31(30)37-20-18-24-10-5-6-12-26(24)23-37/h5-17,22H,3-4,18-21,23H2,1-2H3,(H,34,38)(H,35,39). The fourth-order valence-corrected chi connectivity index (χ4v) is 5.36. The quantitative estimate of drug-likeness (QED) is 0.296. The topological polar surface area (TPSA) is 64.7 Å². The second kappa shape index (κ2) is 12.1. The third kappa shape index (κ3) is 5.96. The zero-order valence-corrected chi connectivity index (χ0v) is 22.7. The van der Waals surface area contributed by atoms with Crippen molar-refractivity contribution in [1.29, 1.82) is 0 Å². The van der Waals surface area contributed by atoms with E-state index in [1.54, 1.807) is 0 Å². The van der Waals surface area contributed by atoms with Crippen LogP contribution >= 0.6 is 0 Å². The second-order valence-electron chi connectivity index (χ2n) is 9.94. The molecule has 0 fully saturated rings. The van der Waals surface area contributed by atoms with Crippen molar-refractivity contribution < 1.29 is 9.59 Å². The number of likely N-dealkylation sites (N-methyl/N-ethyl adjacent to an activating group) is 1. The number of anilines is 2. The molecule has 0 bridgehead atoms. The van der Waals surface area contributed by atoms with Crippen LogP contribution in [0.1, 0.15) is 45.7 Å². The summed E-state index contributed by atoms with van der Waals surface area (Å²) in [5.41, 5.74) is 5.30. The monoisotopic (exact) mass is 520 g/mol. The van der Waals surface area contributed by atoms with E-state index in [1.807, 2.05) is 60.7 Å². The molecule has 0 atom stereocenters. The Hall–Kier alpha value is -4.16. The van der Waals surface area contributed by atoms with Gasteiger partial charge in [0.25, 0.3) is 11.8 Å². The van der Waals surface area contributed by atoms with Crippen LogP contribution < -0.4 is 15.5 Å². The van der Waals surface area contributed by atoms with Crippen LogP contribution in [0.2, 0.25) is 0 Å². The van der Waals surface area contributed by atoms with E-state index in [4.69, 9.17) is 0 Å². The molecule has 0 saturated carbocycles. The van der Waals surface area contributed by atoms with E-state index in [-0.39, 0.29) is 11.8 Å². The molecule has 0 aromatic heterocycles. The summed E-state index contributed by atoms with van der Waals surface area (Å²) in [7, 11) is 0. The summed E-state index contributed by atoms with van der Waals surface area (Å²) in [4.78, 5) is 31.4. The van der Waals surface area contributed by atoms with Crippen LogP contribution in [0.4, 0.5) is 11.4 Å². The van der Waals surface area contributed by atoms with Gasteiger partial charge >= 0.3 is 0 Å². The molecule has 0 saturated heterocycles. The van der Waals surface area contributed by atoms with Crippen molar-refractivity contribution in [2.45, 2.75) is 26.8 Å². The number of benzene rings is 4. The number of nitrogens with one attached hydrogen (secondary N) is 2. The lowest BCUT2D eigenvalue weighted by Gasteiger charge is -2.32. The Kier molecular flexibility index (Phi) is 8.23.